The van der Waals surface area contributed by atoms with Gasteiger partial charge >= 0.3 is 6.18 Å². The predicted molar refractivity (Wildman–Crippen MR) is 58.4 cm³/mol. The zero-order valence-electron chi connectivity index (χ0n) is 10.2. The number of rotatable bonds is 8. The molecule has 0 aliphatic heterocycles. The van der Waals surface area contributed by atoms with Gasteiger partial charge in [0.15, 0.2) is 0 Å². The van der Waals surface area contributed by atoms with Crippen LogP contribution in [0.5, 0.6) is 0 Å². The van der Waals surface area contributed by atoms with E-state index in [0.717, 1.165) is 19.4 Å². The van der Waals surface area contributed by atoms with Gasteiger partial charge in [0.1, 0.15) is 6.61 Å². The SMILES string of the molecule is CCNC(COCC(F)(F)F)C(CC)CC. The van der Waals surface area contributed by atoms with E-state index in [1.165, 1.54) is 0 Å². The fraction of sp³-hybridized carbons (Fsp3) is 1.00. The lowest BCUT2D eigenvalue weighted by atomic mass is 9.95. The Labute approximate surface area is 95.5 Å². The quantitative estimate of drug-likeness (QED) is 0.705. The minimum absolute atomic E-state index is 0.0161. The Kier molecular flexibility index (Phi) is 7.76. The first kappa shape index (κ1) is 15.7. The molecule has 0 bridgehead atoms. The summed E-state index contributed by atoms with van der Waals surface area (Å²) in [6, 6.07) is 0.0161. The summed E-state index contributed by atoms with van der Waals surface area (Å²) in [4.78, 5) is 0. The van der Waals surface area contributed by atoms with E-state index in [2.05, 4.69) is 5.32 Å². The van der Waals surface area contributed by atoms with Crippen molar-refractivity contribution in [1.82, 2.24) is 5.32 Å². The molecule has 0 aliphatic carbocycles. The third-order valence-electron chi connectivity index (χ3n) is 2.65. The Morgan fingerprint density at radius 1 is 1.12 bits per heavy atom. The van der Waals surface area contributed by atoms with E-state index >= 15 is 0 Å². The predicted octanol–water partition coefficient (Wildman–Crippen LogP) is 2.98. The van der Waals surface area contributed by atoms with Crippen molar-refractivity contribution in [2.24, 2.45) is 5.92 Å². The number of halogens is 3. The van der Waals surface area contributed by atoms with Gasteiger partial charge in [-0.2, -0.15) is 13.2 Å². The molecule has 1 N–H and O–H groups in total. The van der Waals surface area contributed by atoms with Gasteiger partial charge < -0.3 is 10.1 Å². The summed E-state index contributed by atoms with van der Waals surface area (Å²) < 4.78 is 40.4. The van der Waals surface area contributed by atoms with Crippen LogP contribution in [0.3, 0.4) is 0 Å². The molecule has 2 nitrogen and oxygen atoms in total. The van der Waals surface area contributed by atoms with Crippen LogP contribution in [0.15, 0.2) is 0 Å². The van der Waals surface area contributed by atoms with Gasteiger partial charge in [0.2, 0.25) is 0 Å². The first-order chi connectivity index (χ1) is 7.44. The van der Waals surface area contributed by atoms with Crippen molar-refractivity contribution in [2.75, 3.05) is 19.8 Å². The van der Waals surface area contributed by atoms with Crippen LogP contribution in [0.1, 0.15) is 33.6 Å². The second kappa shape index (κ2) is 7.90. The average Bonchev–Trinajstić information content (AvgIpc) is 2.17. The van der Waals surface area contributed by atoms with Gasteiger partial charge in [-0.05, 0) is 12.5 Å². The maximum atomic E-state index is 11.9. The zero-order chi connectivity index (χ0) is 12.6. The van der Waals surface area contributed by atoms with Crippen LogP contribution in [-0.2, 0) is 4.74 Å². The normalized spacial score (nSPS) is 14.4. The summed E-state index contributed by atoms with van der Waals surface area (Å²) in [5.74, 6) is 0.369. The molecule has 0 rings (SSSR count). The second-order valence-corrected chi connectivity index (χ2v) is 3.87. The molecule has 98 valence electrons. The highest BCUT2D eigenvalue weighted by molar-refractivity contribution is 4.74. The van der Waals surface area contributed by atoms with Gasteiger partial charge in [0.05, 0.1) is 6.61 Å². The molecule has 0 aromatic rings. The molecule has 0 saturated carbocycles. The molecular formula is C11H22F3NO. The van der Waals surface area contributed by atoms with Crippen LogP contribution < -0.4 is 5.32 Å². The van der Waals surface area contributed by atoms with Crippen molar-refractivity contribution in [2.45, 2.75) is 45.8 Å². The first-order valence-electron chi connectivity index (χ1n) is 5.82. The summed E-state index contributed by atoms with van der Waals surface area (Å²) >= 11 is 0. The molecule has 0 heterocycles. The monoisotopic (exact) mass is 241 g/mol. The molecule has 0 aromatic carbocycles. The number of likely N-dealkylation sites (N-methyl/N-ethyl adjacent to an activating group) is 1. The van der Waals surface area contributed by atoms with Gasteiger partial charge in [0.25, 0.3) is 0 Å². The van der Waals surface area contributed by atoms with Crippen molar-refractivity contribution in [3.63, 3.8) is 0 Å². The number of hydrogen-bond acceptors (Lipinski definition) is 2. The maximum Gasteiger partial charge on any atom is 0.411 e. The molecule has 0 fully saturated rings. The first-order valence-corrected chi connectivity index (χ1v) is 5.82. The number of nitrogens with one attached hydrogen (secondary N) is 1. The summed E-state index contributed by atoms with van der Waals surface area (Å²) in [7, 11) is 0. The molecule has 0 radical (unpaired) electrons. The Hall–Kier alpha value is -0.290. The standard InChI is InChI=1S/C11H22F3NO/c1-4-9(5-2)10(15-6-3)7-16-8-11(12,13)14/h9-10,15H,4-8H2,1-3H3. The van der Waals surface area contributed by atoms with E-state index in [-0.39, 0.29) is 12.6 Å². The van der Waals surface area contributed by atoms with E-state index < -0.39 is 12.8 Å². The molecule has 0 spiro atoms. The molecule has 16 heavy (non-hydrogen) atoms. The van der Waals surface area contributed by atoms with E-state index in [4.69, 9.17) is 4.74 Å². The largest absolute Gasteiger partial charge is 0.411 e. The third kappa shape index (κ3) is 7.06. The van der Waals surface area contributed by atoms with Crippen LogP contribution in [0.25, 0.3) is 0 Å². The fourth-order valence-electron chi connectivity index (χ4n) is 1.78. The topological polar surface area (TPSA) is 21.3 Å². The molecule has 1 atom stereocenters. The van der Waals surface area contributed by atoms with Crippen molar-refractivity contribution < 1.29 is 17.9 Å². The Morgan fingerprint density at radius 2 is 1.69 bits per heavy atom. The molecule has 1 unspecified atom stereocenters. The Bertz CT molecular complexity index is 169. The van der Waals surface area contributed by atoms with Crippen LogP contribution >= 0.6 is 0 Å². The van der Waals surface area contributed by atoms with Crippen LogP contribution in [0, 0.1) is 5.92 Å². The zero-order valence-corrected chi connectivity index (χ0v) is 10.2. The Balaban J connectivity index is 4.02. The van der Waals surface area contributed by atoms with Crippen LogP contribution in [0.2, 0.25) is 0 Å². The van der Waals surface area contributed by atoms with Gasteiger partial charge in [0, 0.05) is 6.04 Å². The highest BCUT2D eigenvalue weighted by Crippen LogP contribution is 2.17. The smallest absolute Gasteiger partial charge is 0.370 e. The lowest BCUT2D eigenvalue weighted by Crippen LogP contribution is -2.40. The number of alkyl halides is 3. The fourth-order valence-corrected chi connectivity index (χ4v) is 1.78. The minimum atomic E-state index is -4.23. The van der Waals surface area contributed by atoms with Crippen LogP contribution in [-0.4, -0.2) is 32.0 Å². The number of ether oxygens (including phenoxy) is 1. The highest BCUT2D eigenvalue weighted by atomic mass is 19.4. The van der Waals surface area contributed by atoms with Gasteiger partial charge in [-0.1, -0.05) is 33.6 Å². The lowest BCUT2D eigenvalue weighted by molar-refractivity contribution is -0.176. The highest BCUT2D eigenvalue weighted by Gasteiger charge is 2.28. The summed E-state index contributed by atoms with van der Waals surface area (Å²) in [6.45, 7) is 5.74. The minimum Gasteiger partial charge on any atom is -0.370 e. The summed E-state index contributed by atoms with van der Waals surface area (Å²) in [5.41, 5.74) is 0. The van der Waals surface area contributed by atoms with E-state index in [1.807, 2.05) is 20.8 Å². The molecular weight excluding hydrogens is 219 g/mol. The third-order valence-corrected chi connectivity index (χ3v) is 2.65. The molecule has 0 amide bonds. The molecule has 5 heteroatoms. The van der Waals surface area contributed by atoms with Crippen LogP contribution in [0.4, 0.5) is 13.2 Å². The molecule has 0 aromatic heterocycles. The van der Waals surface area contributed by atoms with Gasteiger partial charge in [-0.25, -0.2) is 0 Å². The van der Waals surface area contributed by atoms with Gasteiger partial charge in [-0.15, -0.1) is 0 Å². The number of hydrogen-bond donors (Lipinski definition) is 1. The lowest BCUT2D eigenvalue weighted by Gasteiger charge is -2.26. The maximum absolute atomic E-state index is 11.9. The van der Waals surface area contributed by atoms with E-state index in [9.17, 15) is 13.2 Å². The molecule has 0 aliphatic rings. The van der Waals surface area contributed by atoms with Crippen molar-refractivity contribution >= 4 is 0 Å². The molecule has 0 saturated heterocycles. The van der Waals surface area contributed by atoms with Crippen molar-refractivity contribution in [1.29, 1.82) is 0 Å². The second-order valence-electron chi connectivity index (χ2n) is 3.87. The Morgan fingerprint density at radius 3 is 2.06 bits per heavy atom. The summed E-state index contributed by atoms with van der Waals surface area (Å²) in [5, 5.41) is 3.18. The van der Waals surface area contributed by atoms with Crippen molar-refractivity contribution in [3.8, 4) is 0 Å². The summed E-state index contributed by atoms with van der Waals surface area (Å²) in [6.07, 6.45) is -2.34. The van der Waals surface area contributed by atoms with Gasteiger partial charge in [-0.3, -0.25) is 0 Å². The van der Waals surface area contributed by atoms with E-state index in [0.29, 0.717) is 5.92 Å². The van der Waals surface area contributed by atoms with Crippen molar-refractivity contribution in [3.05, 3.63) is 0 Å². The van der Waals surface area contributed by atoms with E-state index in [1.54, 1.807) is 0 Å². The average molecular weight is 241 g/mol.